The van der Waals surface area contributed by atoms with Crippen LogP contribution in [0, 0.1) is 20.8 Å². The maximum absolute atomic E-state index is 12.2. The Bertz CT molecular complexity index is 967. The molecule has 4 nitrogen and oxygen atoms in total. The average molecular weight is 363 g/mol. The van der Waals surface area contributed by atoms with Crippen LogP contribution in [0.3, 0.4) is 0 Å². The van der Waals surface area contributed by atoms with E-state index in [2.05, 4.69) is 9.72 Å². The number of fused-ring (bicyclic) bond motifs is 1. The first-order chi connectivity index (χ1) is 12.1. The highest BCUT2D eigenvalue weighted by Gasteiger charge is 2.31. The highest BCUT2D eigenvalue weighted by atomic mass is 19.4. The zero-order valence-corrected chi connectivity index (χ0v) is 14.3. The third-order valence-corrected chi connectivity index (χ3v) is 4.02. The molecule has 0 unspecified atom stereocenters. The first kappa shape index (κ1) is 17.8. The number of aryl methyl sites for hydroxylation is 2. The Labute approximate surface area is 147 Å². The molecule has 0 aliphatic carbocycles. The lowest BCUT2D eigenvalue weighted by Crippen LogP contribution is -2.16. The van der Waals surface area contributed by atoms with Gasteiger partial charge in [0.25, 0.3) is 0 Å². The molecule has 0 saturated heterocycles. The summed E-state index contributed by atoms with van der Waals surface area (Å²) in [6.45, 7) is 5.42. The quantitative estimate of drug-likeness (QED) is 0.662. The van der Waals surface area contributed by atoms with Crippen molar-refractivity contribution in [2.24, 2.45) is 0 Å². The summed E-state index contributed by atoms with van der Waals surface area (Å²) in [4.78, 5) is 4.45. The summed E-state index contributed by atoms with van der Waals surface area (Å²) in [6, 6.07) is 8.56. The van der Waals surface area contributed by atoms with Gasteiger partial charge in [-0.1, -0.05) is 0 Å². The minimum absolute atomic E-state index is 0.131. The summed E-state index contributed by atoms with van der Waals surface area (Å²) in [5.74, 6) is 0.625. The number of pyridine rings is 1. The zero-order chi connectivity index (χ0) is 19.1. The van der Waals surface area contributed by atoms with Crippen LogP contribution < -0.4 is 9.47 Å². The molecule has 0 amide bonds. The molecule has 3 rings (SSSR count). The third-order valence-electron chi connectivity index (χ3n) is 4.02. The fourth-order valence-electron chi connectivity index (χ4n) is 2.54. The van der Waals surface area contributed by atoms with Crippen LogP contribution in [0.4, 0.5) is 13.2 Å². The molecule has 0 fully saturated rings. The summed E-state index contributed by atoms with van der Waals surface area (Å²) < 4.78 is 46.2. The standard InChI is InChI=1S/C19H16F3NO3/c1-10-8-16-15(18(24)11(2)12(3)23-16)9-17(10)25-13-4-6-14(7-5-13)26-19(20,21)22/h4-9H,1-3H3,(H,23,24). The molecular formula is C19H16F3NO3. The van der Waals surface area contributed by atoms with E-state index in [0.29, 0.717) is 28.0 Å². The number of hydrogen-bond acceptors (Lipinski definition) is 4. The largest absolute Gasteiger partial charge is 0.573 e. The lowest BCUT2D eigenvalue weighted by molar-refractivity contribution is -0.274. The first-order valence-corrected chi connectivity index (χ1v) is 7.78. The SMILES string of the molecule is Cc1cc2nc(C)c(C)c(O)c2cc1Oc1ccc(OC(F)(F)F)cc1. The Balaban J connectivity index is 1.92. The number of benzene rings is 2. The van der Waals surface area contributed by atoms with Gasteiger partial charge in [0.05, 0.1) is 5.52 Å². The van der Waals surface area contributed by atoms with E-state index < -0.39 is 6.36 Å². The van der Waals surface area contributed by atoms with E-state index in [1.54, 1.807) is 19.1 Å². The van der Waals surface area contributed by atoms with Crippen molar-refractivity contribution in [2.45, 2.75) is 27.1 Å². The second-order valence-corrected chi connectivity index (χ2v) is 5.93. The Morgan fingerprint density at radius 2 is 1.58 bits per heavy atom. The van der Waals surface area contributed by atoms with Gasteiger partial charge in [-0.3, -0.25) is 4.98 Å². The van der Waals surface area contributed by atoms with Crippen LogP contribution in [0.25, 0.3) is 10.9 Å². The minimum atomic E-state index is -4.74. The topological polar surface area (TPSA) is 51.6 Å². The molecule has 136 valence electrons. The molecule has 1 N–H and O–H groups in total. The van der Waals surface area contributed by atoms with Crippen LogP contribution in [0.15, 0.2) is 36.4 Å². The molecule has 1 heterocycles. The lowest BCUT2D eigenvalue weighted by atomic mass is 10.1. The maximum Gasteiger partial charge on any atom is 0.573 e. The van der Waals surface area contributed by atoms with E-state index in [9.17, 15) is 18.3 Å². The molecule has 0 saturated carbocycles. The Hall–Kier alpha value is -2.96. The van der Waals surface area contributed by atoms with E-state index in [-0.39, 0.29) is 11.5 Å². The van der Waals surface area contributed by atoms with Crippen LogP contribution >= 0.6 is 0 Å². The van der Waals surface area contributed by atoms with Gasteiger partial charge in [0.2, 0.25) is 0 Å². The van der Waals surface area contributed by atoms with Gasteiger partial charge in [0.15, 0.2) is 0 Å². The number of aromatic hydroxyl groups is 1. The number of halogens is 3. The molecule has 0 radical (unpaired) electrons. The molecule has 26 heavy (non-hydrogen) atoms. The smallest absolute Gasteiger partial charge is 0.507 e. The fraction of sp³-hybridized carbons (Fsp3) is 0.211. The molecule has 3 aromatic rings. The van der Waals surface area contributed by atoms with Gasteiger partial charge < -0.3 is 14.6 Å². The van der Waals surface area contributed by atoms with E-state index in [1.807, 2.05) is 13.8 Å². The average Bonchev–Trinajstić information content (AvgIpc) is 2.55. The van der Waals surface area contributed by atoms with Gasteiger partial charge in [-0.25, -0.2) is 0 Å². The lowest BCUT2D eigenvalue weighted by Gasteiger charge is -2.13. The Morgan fingerprint density at radius 3 is 2.19 bits per heavy atom. The number of hydrogen-bond donors (Lipinski definition) is 1. The van der Waals surface area contributed by atoms with Crippen molar-refractivity contribution < 1.29 is 27.8 Å². The summed E-state index contributed by atoms with van der Waals surface area (Å²) in [7, 11) is 0. The Kier molecular flexibility index (Phi) is 4.39. The highest BCUT2D eigenvalue weighted by molar-refractivity contribution is 5.88. The molecule has 0 aliphatic heterocycles. The normalized spacial score (nSPS) is 11.6. The van der Waals surface area contributed by atoms with Gasteiger partial charge in [-0.2, -0.15) is 0 Å². The van der Waals surface area contributed by atoms with E-state index in [1.165, 1.54) is 24.3 Å². The molecule has 7 heteroatoms. The van der Waals surface area contributed by atoms with Crippen molar-refractivity contribution >= 4 is 10.9 Å². The number of rotatable bonds is 3. The summed E-state index contributed by atoms with van der Waals surface area (Å²) in [5.41, 5.74) is 2.84. The summed E-state index contributed by atoms with van der Waals surface area (Å²) in [6.07, 6.45) is -4.74. The molecule has 0 atom stereocenters. The number of ether oxygens (including phenoxy) is 2. The first-order valence-electron chi connectivity index (χ1n) is 7.78. The van der Waals surface area contributed by atoms with Crippen LogP contribution in [0.1, 0.15) is 16.8 Å². The van der Waals surface area contributed by atoms with Crippen molar-refractivity contribution in [3.63, 3.8) is 0 Å². The molecule has 0 bridgehead atoms. The van der Waals surface area contributed by atoms with Gasteiger partial charge in [-0.15, -0.1) is 13.2 Å². The van der Waals surface area contributed by atoms with E-state index >= 15 is 0 Å². The van der Waals surface area contributed by atoms with Crippen LogP contribution in [-0.4, -0.2) is 16.5 Å². The highest BCUT2D eigenvalue weighted by Crippen LogP contribution is 2.35. The van der Waals surface area contributed by atoms with Crippen LogP contribution in [0.5, 0.6) is 23.0 Å². The van der Waals surface area contributed by atoms with Crippen LogP contribution in [-0.2, 0) is 0 Å². The van der Waals surface area contributed by atoms with E-state index in [0.717, 1.165) is 11.3 Å². The second-order valence-electron chi connectivity index (χ2n) is 5.93. The maximum atomic E-state index is 12.2. The van der Waals surface area contributed by atoms with Crippen molar-refractivity contribution in [1.29, 1.82) is 0 Å². The second kappa shape index (κ2) is 6.40. The predicted octanol–water partition coefficient (Wildman–Crippen LogP) is 5.56. The van der Waals surface area contributed by atoms with Crippen molar-refractivity contribution in [2.75, 3.05) is 0 Å². The number of nitrogens with zero attached hydrogens (tertiary/aromatic N) is 1. The van der Waals surface area contributed by atoms with Gasteiger partial charge >= 0.3 is 6.36 Å². The molecule has 0 aliphatic rings. The minimum Gasteiger partial charge on any atom is -0.507 e. The van der Waals surface area contributed by atoms with Gasteiger partial charge in [0.1, 0.15) is 23.0 Å². The molecular weight excluding hydrogens is 347 g/mol. The molecule has 0 spiro atoms. The van der Waals surface area contributed by atoms with Gasteiger partial charge in [0, 0.05) is 16.6 Å². The van der Waals surface area contributed by atoms with Crippen LogP contribution in [0.2, 0.25) is 0 Å². The monoisotopic (exact) mass is 363 g/mol. The number of aromatic nitrogens is 1. The number of alkyl halides is 3. The van der Waals surface area contributed by atoms with Gasteiger partial charge in [-0.05, 0) is 62.7 Å². The third kappa shape index (κ3) is 3.66. The van der Waals surface area contributed by atoms with Crippen molar-refractivity contribution in [3.8, 4) is 23.0 Å². The summed E-state index contributed by atoms with van der Waals surface area (Å²) >= 11 is 0. The predicted molar refractivity (Wildman–Crippen MR) is 90.8 cm³/mol. The van der Waals surface area contributed by atoms with Crippen molar-refractivity contribution in [3.05, 3.63) is 53.2 Å². The fourth-order valence-corrected chi connectivity index (χ4v) is 2.54. The van der Waals surface area contributed by atoms with E-state index in [4.69, 9.17) is 4.74 Å². The molecule has 1 aromatic heterocycles. The Morgan fingerprint density at radius 1 is 0.962 bits per heavy atom. The molecule has 2 aromatic carbocycles. The van der Waals surface area contributed by atoms with Crippen molar-refractivity contribution in [1.82, 2.24) is 4.98 Å². The zero-order valence-electron chi connectivity index (χ0n) is 14.3. The summed E-state index contributed by atoms with van der Waals surface area (Å²) in [5, 5.41) is 10.9.